The molecule has 0 amide bonds. The molecule has 1 aromatic heterocycles. The average molecular weight is 232 g/mol. The van der Waals surface area contributed by atoms with Crippen LogP contribution in [0.5, 0.6) is 0 Å². The molecule has 0 unspecified atom stereocenters. The van der Waals surface area contributed by atoms with Crippen molar-refractivity contribution >= 4 is 0 Å². The SMILES string of the molecule is Cc1c(C(F)(F)F)c(C(F)(F)F)cn1N. The zero-order valence-electron chi connectivity index (χ0n) is 7.37. The molecule has 0 aliphatic heterocycles. The maximum absolute atomic E-state index is 12.3. The fourth-order valence-electron chi connectivity index (χ4n) is 1.20. The number of hydrogen-bond acceptors (Lipinski definition) is 1. The first-order valence-corrected chi connectivity index (χ1v) is 3.66. The van der Waals surface area contributed by atoms with Gasteiger partial charge in [0, 0.05) is 11.9 Å². The summed E-state index contributed by atoms with van der Waals surface area (Å²) in [4.78, 5) is 0. The largest absolute Gasteiger partial charge is 0.418 e. The van der Waals surface area contributed by atoms with Crippen LogP contribution >= 0.6 is 0 Å². The lowest BCUT2D eigenvalue weighted by atomic mass is 10.1. The van der Waals surface area contributed by atoms with Crippen molar-refractivity contribution in [3.63, 3.8) is 0 Å². The molecule has 0 atom stereocenters. The van der Waals surface area contributed by atoms with E-state index in [1.807, 2.05) is 0 Å². The molecular formula is C7H6F6N2. The van der Waals surface area contributed by atoms with Gasteiger partial charge in [-0.05, 0) is 6.92 Å². The molecular weight excluding hydrogens is 226 g/mol. The fraction of sp³-hybridized carbons (Fsp3) is 0.429. The Hall–Kier alpha value is -1.34. The van der Waals surface area contributed by atoms with Gasteiger partial charge in [-0.25, -0.2) is 0 Å². The van der Waals surface area contributed by atoms with Crippen molar-refractivity contribution in [3.05, 3.63) is 23.0 Å². The molecule has 1 heterocycles. The first-order chi connectivity index (χ1) is 6.55. The lowest BCUT2D eigenvalue weighted by Gasteiger charge is -2.11. The highest BCUT2D eigenvalue weighted by Crippen LogP contribution is 2.42. The second-order valence-electron chi connectivity index (χ2n) is 2.91. The Morgan fingerprint density at radius 3 is 1.80 bits per heavy atom. The van der Waals surface area contributed by atoms with Gasteiger partial charge in [0.05, 0.1) is 11.1 Å². The van der Waals surface area contributed by atoms with Crippen molar-refractivity contribution < 1.29 is 26.3 Å². The van der Waals surface area contributed by atoms with Crippen molar-refractivity contribution in [1.82, 2.24) is 4.68 Å². The van der Waals surface area contributed by atoms with Crippen molar-refractivity contribution in [1.29, 1.82) is 0 Å². The summed E-state index contributed by atoms with van der Waals surface area (Å²) in [7, 11) is 0. The Balaban J connectivity index is 3.48. The normalized spacial score (nSPS) is 13.3. The van der Waals surface area contributed by atoms with Crippen LogP contribution in [0.3, 0.4) is 0 Å². The van der Waals surface area contributed by atoms with E-state index in [-0.39, 0.29) is 6.20 Å². The first kappa shape index (κ1) is 11.7. The van der Waals surface area contributed by atoms with E-state index in [0.717, 1.165) is 6.92 Å². The molecule has 1 rings (SSSR count). The summed E-state index contributed by atoms with van der Waals surface area (Å²) in [6.07, 6.45) is -9.92. The number of rotatable bonds is 0. The molecule has 8 heteroatoms. The topological polar surface area (TPSA) is 30.9 Å². The molecule has 15 heavy (non-hydrogen) atoms. The van der Waals surface area contributed by atoms with Gasteiger partial charge in [-0.15, -0.1) is 0 Å². The average Bonchev–Trinajstić information content (AvgIpc) is 2.25. The minimum absolute atomic E-state index is 0.220. The van der Waals surface area contributed by atoms with Crippen LogP contribution in [-0.2, 0) is 12.4 Å². The van der Waals surface area contributed by atoms with Gasteiger partial charge in [0.25, 0.3) is 0 Å². The Morgan fingerprint density at radius 1 is 1.07 bits per heavy atom. The van der Waals surface area contributed by atoms with E-state index in [1.165, 1.54) is 0 Å². The van der Waals surface area contributed by atoms with E-state index in [1.54, 1.807) is 0 Å². The van der Waals surface area contributed by atoms with E-state index < -0.39 is 29.2 Å². The Morgan fingerprint density at radius 2 is 1.53 bits per heavy atom. The number of alkyl halides is 6. The van der Waals surface area contributed by atoms with E-state index >= 15 is 0 Å². The van der Waals surface area contributed by atoms with Crippen LogP contribution in [0.1, 0.15) is 16.8 Å². The van der Waals surface area contributed by atoms with Crippen LogP contribution in [0.2, 0.25) is 0 Å². The second-order valence-corrected chi connectivity index (χ2v) is 2.91. The molecule has 0 aliphatic rings. The highest BCUT2D eigenvalue weighted by atomic mass is 19.4. The number of halogens is 6. The Bertz CT molecular complexity index is 372. The predicted molar refractivity (Wildman–Crippen MR) is 39.3 cm³/mol. The summed E-state index contributed by atoms with van der Waals surface area (Å²) in [5, 5.41) is 0. The van der Waals surface area contributed by atoms with Gasteiger partial charge < -0.3 is 5.84 Å². The molecule has 0 fully saturated rings. The van der Waals surface area contributed by atoms with Crippen LogP contribution in [0.4, 0.5) is 26.3 Å². The minimum atomic E-state index is -5.07. The lowest BCUT2D eigenvalue weighted by molar-refractivity contribution is -0.161. The number of aromatic nitrogens is 1. The van der Waals surface area contributed by atoms with Gasteiger partial charge in [0.1, 0.15) is 0 Å². The molecule has 0 radical (unpaired) electrons. The molecule has 0 bridgehead atoms. The minimum Gasteiger partial charge on any atom is -0.339 e. The van der Waals surface area contributed by atoms with E-state index in [0.29, 0.717) is 4.68 Å². The molecule has 86 valence electrons. The zero-order valence-corrected chi connectivity index (χ0v) is 7.37. The standard InChI is InChI=1S/C7H6F6N2/c1-3-5(7(11,12)13)4(2-15(3)14)6(8,9)10/h2H,14H2,1H3. The van der Waals surface area contributed by atoms with Gasteiger partial charge in [0.15, 0.2) is 0 Å². The van der Waals surface area contributed by atoms with Gasteiger partial charge in [-0.2, -0.15) is 26.3 Å². The Kier molecular flexibility index (Phi) is 2.41. The molecule has 0 aliphatic carbocycles. The molecule has 0 spiro atoms. The van der Waals surface area contributed by atoms with Crippen molar-refractivity contribution in [2.45, 2.75) is 19.3 Å². The third kappa shape index (κ3) is 2.02. The summed E-state index contributed by atoms with van der Waals surface area (Å²) in [5.74, 6) is 4.95. The summed E-state index contributed by atoms with van der Waals surface area (Å²) < 4.78 is 73.8. The maximum Gasteiger partial charge on any atom is 0.418 e. The smallest absolute Gasteiger partial charge is 0.339 e. The van der Waals surface area contributed by atoms with E-state index in [9.17, 15) is 26.3 Å². The number of nitrogens with zero attached hydrogens (tertiary/aromatic N) is 1. The van der Waals surface area contributed by atoms with Crippen LogP contribution in [0.25, 0.3) is 0 Å². The summed E-state index contributed by atoms with van der Waals surface area (Å²) in [6, 6.07) is 0. The van der Waals surface area contributed by atoms with Crippen LogP contribution in [0.15, 0.2) is 6.20 Å². The summed E-state index contributed by atoms with van der Waals surface area (Å²) in [6.45, 7) is 0.873. The monoisotopic (exact) mass is 232 g/mol. The first-order valence-electron chi connectivity index (χ1n) is 3.66. The molecule has 2 N–H and O–H groups in total. The third-order valence-corrected chi connectivity index (χ3v) is 1.88. The highest BCUT2D eigenvalue weighted by Gasteiger charge is 2.46. The lowest BCUT2D eigenvalue weighted by Crippen LogP contribution is -2.15. The second kappa shape index (κ2) is 3.07. The van der Waals surface area contributed by atoms with E-state index in [4.69, 9.17) is 5.84 Å². The molecule has 0 saturated carbocycles. The van der Waals surface area contributed by atoms with Crippen molar-refractivity contribution in [2.75, 3.05) is 5.84 Å². The van der Waals surface area contributed by atoms with Gasteiger partial charge >= 0.3 is 12.4 Å². The molecule has 0 saturated heterocycles. The van der Waals surface area contributed by atoms with Gasteiger partial charge in [-0.1, -0.05) is 0 Å². The fourth-order valence-corrected chi connectivity index (χ4v) is 1.20. The number of nitrogens with two attached hydrogens (primary N) is 1. The quantitative estimate of drug-likeness (QED) is 0.540. The predicted octanol–water partition coefficient (Wildman–Crippen LogP) is 2.55. The Labute approximate surface area is 80.2 Å². The third-order valence-electron chi connectivity index (χ3n) is 1.88. The van der Waals surface area contributed by atoms with Gasteiger partial charge in [0.2, 0.25) is 0 Å². The van der Waals surface area contributed by atoms with Crippen molar-refractivity contribution in [3.8, 4) is 0 Å². The number of hydrogen-bond donors (Lipinski definition) is 1. The highest BCUT2D eigenvalue weighted by molar-refractivity contribution is 5.36. The van der Waals surface area contributed by atoms with Crippen LogP contribution in [-0.4, -0.2) is 4.68 Å². The molecule has 1 aromatic rings. The maximum atomic E-state index is 12.3. The number of nitrogen functional groups attached to an aromatic ring is 1. The van der Waals surface area contributed by atoms with Gasteiger partial charge in [-0.3, -0.25) is 4.68 Å². The summed E-state index contributed by atoms with van der Waals surface area (Å²) >= 11 is 0. The zero-order chi connectivity index (χ0) is 12.0. The summed E-state index contributed by atoms with van der Waals surface area (Å²) in [5.41, 5.74) is -4.18. The molecule has 0 aromatic carbocycles. The van der Waals surface area contributed by atoms with Crippen LogP contribution in [0, 0.1) is 6.92 Å². The van der Waals surface area contributed by atoms with Crippen LogP contribution < -0.4 is 5.84 Å². The van der Waals surface area contributed by atoms with Crippen molar-refractivity contribution in [2.24, 2.45) is 0 Å². The molecule has 2 nitrogen and oxygen atoms in total. The van der Waals surface area contributed by atoms with E-state index in [2.05, 4.69) is 0 Å².